The SMILES string of the molecule is CC(C)(c1ccc(F)cc1)C(N)c1ccc(Cl)s1. The quantitative estimate of drug-likeness (QED) is 0.881. The average Bonchev–Trinajstić information content (AvgIpc) is 2.75. The van der Waals surface area contributed by atoms with Crippen molar-refractivity contribution in [1.29, 1.82) is 0 Å². The molecular weight excluding hydrogens is 269 g/mol. The molecule has 1 nitrogen and oxygen atoms in total. The van der Waals surface area contributed by atoms with Crippen LogP contribution in [0.5, 0.6) is 0 Å². The van der Waals surface area contributed by atoms with Gasteiger partial charge in [-0.1, -0.05) is 37.6 Å². The number of halogens is 2. The molecule has 1 unspecified atom stereocenters. The average molecular weight is 284 g/mol. The first-order valence-electron chi connectivity index (χ1n) is 5.68. The molecule has 96 valence electrons. The monoisotopic (exact) mass is 283 g/mol. The van der Waals surface area contributed by atoms with Gasteiger partial charge in [0, 0.05) is 16.3 Å². The minimum absolute atomic E-state index is 0.166. The highest BCUT2D eigenvalue weighted by atomic mass is 35.5. The minimum Gasteiger partial charge on any atom is -0.323 e. The summed E-state index contributed by atoms with van der Waals surface area (Å²) in [7, 11) is 0. The van der Waals surface area contributed by atoms with Gasteiger partial charge in [0.2, 0.25) is 0 Å². The number of benzene rings is 1. The Kier molecular flexibility index (Phi) is 3.76. The molecule has 0 amide bonds. The van der Waals surface area contributed by atoms with Gasteiger partial charge in [0.25, 0.3) is 0 Å². The highest BCUT2D eigenvalue weighted by Gasteiger charge is 2.30. The summed E-state index contributed by atoms with van der Waals surface area (Å²) < 4.78 is 13.7. The van der Waals surface area contributed by atoms with Crippen molar-refractivity contribution in [2.75, 3.05) is 0 Å². The van der Waals surface area contributed by atoms with Crippen molar-refractivity contribution in [2.45, 2.75) is 25.3 Å². The summed E-state index contributed by atoms with van der Waals surface area (Å²) in [5, 5.41) is 0. The number of hydrogen-bond acceptors (Lipinski definition) is 2. The predicted octanol–water partition coefficient (Wildman–Crippen LogP) is 4.52. The molecule has 0 aliphatic rings. The summed E-state index contributed by atoms with van der Waals surface area (Å²) >= 11 is 7.42. The van der Waals surface area contributed by atoms with Crippen molar-refractivity contribution in [1.82, 2.24) is 0 Å². The standard InChI is InChI=1S/C14H15ClFNS/c1-14(2,9-3-5-10(16)6-4-9)13(17)11-7-8-12(15)18-11/h3-8,13H,17H2,1-2H3. The van der Waals surface area contributed by atoms with Gasteiger partial charge in [-0.15, -0.1) is 11.3 Å². The Hall–Kier alpha value is -0.900. The lowest BCUT2D eigenvalue weighted by Crippen LogP contribution is -2.32. The first kappa shape index (κ1) is 13.5. The Morgan fingerprint density at radius 3 is 2.28 bits per heavy atom. The summed E-state index contributed by atoms with van der Waals surface area (Å²) in [4.78, 5) is 1.04. The van der Waals surface area contributed by atoms with Crippen LogP contribution in [0.3, 0.4) is 0 Å². The van der Waals surface area contributed by atoms with Crippen LogP contribution in [0.1, 0.15) is 30.3 Å². The van der Waals surface area contributed by atoms with Crippen molar-refractivity contribution < 1.29 is 4.39 Å². The van der Waals surface area contributed by atoms with E-state index in [2.05, 4.69) is 13.8 Å². The number of nitrogens with two attached hydrogens (primary N) is 1. The van der Waals surface area contributed by atoms with E-state index in [1.165, 1.54) is 23.5 Å². The van der Waals surface area contributed by atoms with Gasteiger partial charge in [0.1, 0.15) is 5.82 Å². The molecule has 1 heterocycles. The Morgan fingerprint density at radius 2 is 1.78 bits per heavy atom. The molecule has 0 saturated carbocycles. The van der Waals surface area contributed by atoms with Gasteiger partial charge < -0.3 is 5.73 Å². The third-order valence-electron chi connectivity index (χ3n) is 3.27. The Morgan fingerprint density at radius 1 is 1.17 bits per heavy atom. The molecule has 1 aromatic carbocycles. The first-order chi connectivity index (χ1) is 8.41. The molecule has 0 aliphatic carbocycles. The fourth-order valence-electron chi connectivity index (χ4n) is 1.91. The van der Waals surface area contributed by atoms with Crippen LogP contribution in [0.4, 0.5) is 4.39 Å². The van der Waals surface area contributed by atoms with Crippen LogP contribution >= 0.6 is 22.9 Å². The van der Waals surface area contributed by atoms with Crippen LogP contribution < -0.4 is 5.73 Å². The fraction of sp³-hybridized carbons (Fsp3) is 0.286. The van der Waals surface area contributed by atoms with Gasteiger partial charge in [-0.3, -0.25) is 0 Å². The van der Waals surface area contributed by atoms with E-state index in [4.69, 9.17) is 17.3 Å². The molecule has 1 atom stereocenters. The highest BCUT2D eigenvalue weighted by Crippen LogP contribution is 2.38. The number of thiophene rings is 1. The highest BCUT2D eigenvalue weighted by molar-refractivity contribution is 7.16. The van der Waals surface area contributed by atoms with E-state index in [9.17, 15) is 4.39 Å². The van der Waals surface area contributed by atoms with Crippen molar-refractivity contribution in [3.63, 3.8) is 0 Å². The molecule has 0 aliphatic heterocycles. The zero-order chi connectivity index (χ0) is 13.3. The lowest BCUT2D eigenvalue weighted by atomic mass is 9.77. The van der Waals surface area contributed by atoms with Crippen LogP contribution in [0.2, 0.25) is 4.34 Å². The number of hydrogen-bond donors (Lipinski definition) is 1. The Bertz CT molecular complexity index is 533. The van der Waals surface area contributed by atoms with Crippen molar-refractivity contribution in [3.05, 3.63) is 57.0 Å². The summed E-state index contributed by atoms with van der Waals surface area (Å²) in [6.07, 6.45) is 0. The Labute approximate surface area is 115 Å². The third-order valence-corrected chi connectivity index (χ3v) is 4.58. The molecule has 0 saturated heterocycles. The maximum atomic E-state index is 13.0. The maximum absolute atomic E-state index is 13.0. The smallest absolute Gasteiger partial charge is 0.123 e. The van der Waals surface area contributed by atoms with E-state index in [0.29, 0.717) is 0 Å². The molecule has 2 aromatic rings. The van der Waals surface area contributed by atoms with E-state index in [1.54, 1.807) is 12.1 Å². The predicted molar refractivity (Wildman–Crippen MR) is 75.7 cm³/mol. The molecule has 0 bridgehead atoms. The second-order valence-electron chi connectivity index (χ2n) is 4.85. The normalized spacial score (nSPS) is 13.6. The van der Waals surface area contributed by atoms with E-state index < -0.39 is 0 Å². The van der Waals surface area contributed by atoms with E-state index >= 15 is 0 Å². The molecule has 0 fully saturated rings. The van der Waals surface area contributed by atoms with Crippen LogP contribution in [0.15, 0.2) is 36.4 Å². The van der Waals surface area contributed by atoms with Gasteiger partial charge in [-0.05, 0) is 29.8 Å². The zero-order valence-electron chi connectivity index (χ0n) is 10.3. The molecule has 18 heavy (non-hydrogen) atoms. The lowest BCUT2D eigenvalue weighted by Gasteiger charge is -2.31. The molecule has 2 rings (SSSR count). The third kappa shape index (κ3) is 2.58. The second-order valence-corrected chi connectivity index (χ2v) is 6.59. The zero-order valence-corrected chi connectivity index (χ0v) is 11.9. The summed E-state index contributed by atoms with van der Waals surface area (Å²) in [6.45, 7) is 4.11. The van der Waals surface area contributed by atoms with Gasteiger partial charge in [-0.25, -0.2) is 4.39 Å². The number of rotatable bonds is 3. The molecule has 1 aromatic heterocycles. The van der Waals surface area contributed by atoms with Crippen LogP contribution in [0, 0.1) is 5.82 Å². The molecule has 4 heteroatoms. The van der Waals surface area contributed by atoms with Crippen molar-refractivity contribution in [3.8, 4) is 0 Å². The van der Waals surface area contributed by atoms with Gasteiger partial charge in [-0.2, -0.15) is 0 Å². The van der Waals surface area contributed by atoms with Gasteiger partial charge >= 0.3 is 0 Å². The minimum atomic E-state index is -0.276. The van der Waals surface area contributed by atoms with Gasteiger partial charge in [0.15, 0.2) is 0 Å². The van der Waals surface area contributed by atoms with Crippen LogP contribution in [-0.4, -0.2) is 0 Å². The molecular formula is C14H15ClFNS. The van der Waals surface area contributed by atoms with Gasteiger partial charge in [0.05, 0.1) is 4.34 Å². The lowest BCUT2D eigenvalue weighted by molar-refractivity contribution is 0.425. The second kappa shape index (κ2) is 5.00. The Balaban J connectivity index is 2.32. The fourth-order valence-corrected chi connectivity index (χ4v) is 3.16. The van der Waals surface area contributed by atoms with E-state index in [1.807, 2.05) is 12.1 Å². The maximum Gasteiger partial charge on any atom is 0.123 e. The summed E-state index contributed by atoms with van der Waals surface area (Å²) in [6, 6.07) is 10.1. The van der Waals surface area contributed by atoms with Crippen molar-refractivity contribution in [2.24, 2.45) is 5.73 Å². The summed E-state index contributed by atoms with van der Waals surface area (Å²) in [5.74, 6) is -0.234. The van der Waals surface area contributed by atoms with Crippen LogP contribution in [0.25, 0.3) is 0 Å². The van der Waals surface area contributed by atoms with E-state index in [-0.39, 0.29) is 17.3 Å². The first-order valence-corrected chi connectivity index (χ1v) is 6.87. The van der Waals surface area contributed by atoms with Crippen LogP contribution in [-0.2, 0) is 5.41 Å². The van der Waals surface area contributed by atoms with Crippen molar-refractivity contribution >= 4 is 22.9 Å². The topological polar surface area (TPSA) is 26.0 Å². The van der Waals surface area contributed by atoms with E-state index in [0.717, 1.165) is 14.8 Å². The summed E-state index contributed by atoms with van der Waals surface area (Å²) in [5.41, 5.74) is 7.05. The molecule has 2 N–H and O–H groups in total. The molecule has 0 spiro atoms. The largest absolute Gasteiger partial charge is 0.323 e. The molecule has 0 radical (unpaired) electrons.